The van der Waals surface area contributed by atoms with Crippen LogP contribution in [0.4, 0.5) is 0 Å². The Bertz CT molecular complexity index is 927. The molecule has 5 aliphatic rings. The van der Waals surface area contributed by atoms with Crippen molar-refractivity contribution in [2.75, 3.05) is 12.5 Å². The molecule has 4 aliphatic heterocycles. The maximum absolute atomic E-state index is 13.2. The first-order chi connectivity index (χ1) is 15.6. The Kier molecular flexibility index (Phi) is 5.27. The van der Waals surface area contributed by atoms with E-state index < -0.39 is 53.5 Å². The second-order valence-corrected chi connectivity index (χ2v) is 10.6. The number of likely N-dealkylation sites (tertiary alicyclic amines) is 2. The largest absolute Gasteiger partial charge is 0.442 e. The van der Waals surface area contributed by atoms with Crippen LogP contribution in [0.15, 0.2) is 0 Å². The normalized spacial score (nSPS) is 38.4. The summed E-state index contributed by atoms with van der Waals surface area (Å²) in [5.41, 5.74) is -1.63. The number of thioether (sulfide) groups is 1. The minimum Gasteiger partial charge on any atom is -0.442 e. The molecule has 5 rings (SSSR count). The molecule has 5 fully saturated rings. The third kappa shape index (κ3) is 3.29. The molecule has 0 bridgehead atoms. The van der Waals surface area contributed by atoms with Gasteiger partial charge in [0.1, 0.15) is 17.0 Å². The summed E-state index contributed by atoms with van der Waals surface area (Å²) in [7, 11) is 0. The molecule has 0 radical (unpaired) electrons. The number of fused-ring (bicyclic) bond motifs is 2. The van der Waals surface area contributed by atoms with Crippen LogP contribution in [0.5, 0.6) is 0 Å². The van der Waals surface area contributed by atoms with Crippen LogP contribution >= 0.6 is 11.8 Å². The maximum atomic E-state index is 13.2. The van der Waals surface area contributed by atoms with Crippen LogP contribution in [-0.4, -0.2) is 90.9 Å². The van der Waals surface area contributed by atoms with Crippen molar-refractivity contribution in [3.8, 4) is 0 Å². The number of hydrogen-bond donors (Lipinski definition) is 1. The average Bonchev–Trinajstić information content (AvgIpc) is 3.23. The van der Waals surface area contributed by atoms with Crippen molar-refractivity contribution >= 4 is 47.3 Å². The summed E-state index contributed by atoms with van der Waals surface area (Å²) in [6.45, 7) is 0.814. The van der Waals surface area contributed by atoms with Gasteiger partial charge in [0.2, 0.25) is 23.6 Å². The lowest BCUT2D eigenvalue weighted by molar-refractivity contribution is -0.186. The van der Waals surface area contributed by atoms with Gasteiger partial charge >= 0.3 is 5.97 Å². The SMILES string of the molecule is C[C@@]1(O)CS[C@H]2C(N3C(=O)C4CCCCC4C3=O)C(=O)N2C1C(=O)OCN1C(=O)CCC1=O. The zero-order valence-electron chi connectivity index (χ0n) is 18.1. The van der Waals surface area contributed by atoms with Gasteiger partial charge in [-0.05, 0) is 19.8 Å². The number of esters is 1. The lowest BCUT2D eigenvalue weighted by Gasteiger charge is -2.57. The van der Waals surface area contributed by atoms with Crippen molar-refractivity contribution in [3.63, 3.8) is 0 Å². The Morgan fingerprint density at radius 1 is 1.03 bits per heavy atom. The Balaban J connectivity index is 1.33. The zero-order valence-corrected chi connectivity index (χ0v) is 18.9. The molecule has 0 aromatic rings. The Hall–Kier alpha value is -2.47. The molecular formula is C21H25N3O8S. The summed E-state index contributed by atoms with van der Waals surface area (Å²) in [6, 6.07) is -2.39. The minimum atomic E-state index is -1.63. The predicted molar refractivity (Wildman–Crippen MR) is 111 cm³/mol. The van der Waals surface area contributed by atoms with Crippen LogP contribution in [0, 0.1) is 11.8 Å². The number of β-lactam (4-membered cyclic amide) rings is 1. The number of carbonyl (C=O) groups excluding carboxylic acids is 6. The van der Waals surface area contributed by atoms with Crippen LogP contribution < -0.4 is 0 Å². The number of amides is 5. The van der Waals surface area contributed by atoms with Gasteiger partial charge in [0.25, 0.3) is 5.91 Å². The van der Waals surface area contributed by atoms with E-state index in [4.69, 9.17) is 4.74 Å². The smallest absolute Gasteiger partial charge is 0.333 e. The Morgan fingerprint density at radius 3 is 2.18 bits per heavy atom. The van der Waals surface area contributed by atoms with Gasteiger partial charge in [-0.3, -0.25) is 28.9 Å². The number of ether oxygens (including phenoxy) is 1. The van der Waals surface area contributed by atoms with Gasteiger partial charge in [-0.1, -0.05) is 12.8 Å². The van der Waals surface area contributed by atoms with E-state index in [1.165, 1.54) is 18.7 Å². The minimum absolute atomic E-state index is 0.0441. The number of carbonyl (C=O) groups is 6. The Labute approximate surface area is 193 Å². The predicted octanol–water partition coefficient (Wildman–Crippen LogP) is -0.785. The first kappa shape index (κ1) is 22.3. The number of hydrogen-bond acceptors (Lipinski definition) is 9. The highest BCUT2D eigenvalue weighted by Crippen LogP contribution is 2.48. The van der Waals surface area contributed by atoms with E-state index in [0.29, 0.717) is 12.8 Å². The highest BCUT2D eigenvalue weighted by Gasteiger charge is 2.66. The van der Waals surface area contributed by atoms with Crippen molar-refractivity contribution in [1.29, 1.82) is 0 Å². The number of nitrogens with zero attached hydrogens (tertiary/aromatic N) is 3. The van der Waals surface area contributed by atoms with Gasteiger partial charge < -0.3 is 14.7 Å². The van der Waals surface area contributed by atoms with E-state index in [0.717, 1.165) is 27.5 Å². The molecular weight excluding hydrogens is 454 g/mol. The third-order valence-electron chi connectivity index (χ3n) is 7.33. The maximum Gasteiger partial charge on any atom is 0.333 e. The van der Waals surface area contributed by atoms with Crippen LogP contribution in [0.3, 0.4) is 0 Å². The monoisotopic (exact) mass is 479 g/mol. The summed E-state index contributed by atoms with van der Waals surface area (Å²) < 4.78 is 5.16. The number of aliphatic hydroxyl groups is 1. The summed E-state index contributed by atoms with van der Waals surface area (Å²) in [6.07, 6.45) is 3.09. The molecule has 1 aliphatic carbocycles. The standard InChI is InChI=1S/C21H25N3O8S/c1-21(31)8-33-19-14(23-16(27)10-4-2-3-5-11(10)17(23)28)18(29)24(19)15(21)20(30)32-9-22-12(25)6-7-13(22)26/h10-11,14-15,19,31H,2-9H2,1H3/t10?,11?,14?,15?,19-,21+/m0/s1. The van der Waals surface area contributed by atoms with Gasteiger partial charge in [0.05, 0.1) is 11.8 Å². The van der Waals surface area contributed by atoms with Gasteiger partial charge in [0.15, 0.2) is 12.8 Å². The first-order valence-corrected chi connectivity index (χ1v) is 12.2. The molecule has 178 valence electrons. The summed E-state index contributed by atoms with van der Waals surface area (Å²) in [4.78, 5) is 78.6. The first-order valence-electron chi connectivity index (χ1n) is 11.2. The van der Waals surface area contributed by atoms with E-state index in [2.05, 4.69) is 0 Å². The molecule has 12 heteroatoms. The molecule has 5 amide bonds. The van der Waals surface area contributed by atoms with Crippen molar-refractivity contribution in [2.24, 2.45) is 11.8 Å². The summed E-state index contributed by atoms with van der Waals surface area (Å²) >= 11 is 1.20. The van der Waals surface area contributed by atoms with Gasteiger partial charge in [-0.2, -0.15) is 0 Å². The van der Waals surface area contributed by atoms with E-state index in [1.807, 2.05) is 0 Å². The molecule has 1 saturated carbocycles. The molecule has 6 atom stereocenters. The van der Waals surface area contributed by atoms with Crippen molar-refractivity contribution in [2.45, 2.75) is 68.5 Å². The van der Waals surface area contributed by atoms with Gasteiger partial charge in [0, 0.05) is 18.6 Å². The topological polar surface area (TPSA) is 142 Å². The van der Waals surface area contributed by atoms with Gasteiger partial charge in [-0.25, -0.2) is 9.69 Å². The second-order valence-electron chi connectivity index (χ2n) is 9.50. The fourth-order valence-electron chi connectivity index (χ4n) is 5.59. The van der Waals surface area contributed by atoms with E-state index >= 15 is 0 Å². The molecule has 0 spiro atoms. The second kappa shape index (κ2) is 7.79. The summed E-state index contributed by atoms with van der Waals surface area (Å²) in [5.74, 6) is -3.81. The molecule has 0 aromatic heterocycles. The molecule has 4 heterocycles. The highest BCUT2D eigenvalue weighted by molar-refractivity contribution is 8.00. The van der Waals surface area contributed by atoms with Crippen LogP contribution in [0.2, 0.25) is 0 Å². The molecule has 0 aromatic carbocycles. The molecule has 33 heavy (non-hydrogen) atoms. The van der Waals surface area contributed by atoms with Crippen LogP contribution in [-0.2, 0) is 33.5 Å². The number of rotatable bonds is 4. The van der Waals surface area contributed by atoms with E-state index in [9.17, 15) is 33.9 Å². The van der Waals surface area contributed by atoms with Crippen molar-refractivity contribution in [1.82, 2.24) is 14.7 Å². The van der Waals surface area contributed by atoms with Crippen LogP contribution in [0.1, 0.15) is 45.4 Å². The zero-order chi connectivity index (χ0) is 23.7. The fraction of sp³-hybridized carbons (Fsp3) is 0.714. The van der Waals surface area contributed by atoms with E-state index in [-0.39, 0.29) is 42.2 Å². The molecule has 4 saturated heterocycles. The van der Waals surface area contributed by atoms with Gasteiger partial charge in [-0.15, -0.1) is 11.8 Å². The third-order valence-corrected chi connectivity index (χ3v) is 8.91. The Morgan fingerprint density at radius 2 is 1.61 bits per heavy atom. The molecule has 4 unspecified atom stereocenters. The quantitative estimate of drug-likeness (QED) is 0.312. The fourth-order valence-corrected chi connectivity index (χ4v) is 7.06. The number of imide groups is 2. The van der Waals surface area contributed by atoms with Crippen LogP contribution in [0.25, 0.3) is 0 Å². The molecule has 11 nitrogen and oxygen atoms in total. The summed E-state index contributed by atoms with van der Waals surface area (Å²) in [5, 5.41) is 10.2. The average molecular weight is 480 g/mol. The lowest BCUT2D eigenvalue weighted by atomic mass is 9.81. The molecule has 1 N–H and O–H groups in total. The van der Waals surface area contributed by atoms with E-state index in [1.54, 1.807) is 0 Å². The lowest BCUT2D eigenvalue weighted by Crippen LogP contribution is -2.79. The van der Waals surface area contributed by atoms with Crippen molar-refractivity contribution in [3.05, 3.63) is 0 Å². The highest BCUT2D eigenvalue weighted by atomic mass is 32.2. The van der Waals surface area contributed by atoms with Crippen molar-refractivity contribution < 1.29 is 38.6 Å².